The van der Waals surface area contributed by atoms with Crippen molar-refractivity contribution in [1.29, 1.82) is 31.6 Å². The number of aliphatic hydroxyl groups excluding tert-OH is 2. The third-order valence-corrected chi connectivity index (χ3v) is 25.7. The second-order valence-electron chi connectivity index (χ2n) is 26.7. The van der Waals surface area contributed by atoms with Gasteiger partial charge in [-0.05, 0) is 137 Å². The van der Waals surface area contributed by atoms with Crippen LogP contribution in [-0.2, 0) is 27.3 Å². The van der Waals surface area contributed by atoms with E-state index in [1.807, 2.05) is 226 Å². The number of unbranched alkanes of at least 4 members (excludes halogenated alkanes) is 1. The molecule has 0 saturated heterocycles. The van der Waals surface area contributed by atoms with E-state index in [9.17, 15) is 41.8 Å². The standard InChI is InChI=1S/C51H50N4O3SSi.C39H32N4O3S/c1-6-7-31-55(32-33-56)41-25-23-38(48(34-41)58-60(50(2,3)4,44-19-13-9-14-20-44)45-21-15-10-16-22-45)24-26-42-27-28-43(59-42)29-30-47-46(37-54)49(39(35-52)36-53)57-51(47,5)40-17-11-8-12-18-40;1-39(31-11-7-4-8-12-31)36(35(26-42)38(46-39)30(24-40)25-41)20-19-34-18-17-33(47-34)16-14-29-13-15-32(43(2)21-22-44)23-37(29)45-27-28-9-5-3-6-10-28/h8-30,34,56H,6-7,31-33H2,1-5H3;3-20,23,44H,21-22,27H2,1-2H3/b26-24+,30-29+;16-14+,20-19+. The van der Waals surface area contributed by atoms with Crippen LogP contribution in [0.3, 0.4) is 0 Å². The molecule has 0 spiro atoms. The molecule has 0 amide bonds. The monoisotopic (exact) mass is 1460 g/mol. The number of aliphatic hydroxyl groups is 2. The molecule has 2 aliphatic heterocycles. The third kappa shape index (κ3) is 17.8. The number of hydrogen-bond donors (Lipinski definition) is 2. The molecule has 0 bridgehead atoms. The van der Waals surface area contributed by atoms with Gasteiger partial charge in [-0.3, -0.25) is 0 Å². The van der Waals surface area contributed by atoms with E-state index in [1.54, 1.807) is 22.7 Å². The Morgan fingerprint density at radius 1 is 0.495 bits per heavy atom. The number of ether oxygens (including phenoxy) is 3. The first-order valence-electron chi connectivity index (χ1n) is 35.2. The molecule has 107 heavy (non-hydrogen) atoms. The van der Waals surface area contributed by atoms with E-state index < -0.39 is 19.5 Å². The summed E-state index contributed by atoms with van der Waals surface area (Å²) in [7, 11) is -1.07. The first-order valence-corrected chi connectivity index (χ1v) is 38.7. The van der Waals surface area contributed by atoms with Gasteiger partial charge in [-0.15, -0.1) is 22.7 Å². The van der Waals surface area contributed by atoms with Gasteiger partial charge in [-0.2, -0.15) is 31.6 Å². The third-order valence-electron chi connectivity index (χ3n) is 18.7. The highest BCUT2D eigenvalue weighted by molar-refractivity contribution is 7.14. The highest BCUT2D eigenvalue weighted by atomic mass is 32.1. The maximum atomic E-state index is 10.3. The minimum atomic E-state index is -3.00. The Labute approximate surface area is 637 Å². The molecule has 0 fully saturated rings. The number of anilines is 2. The number of allylic oxidation sites excluding steroid dienone is 4. The zero-order valence-corrected chi connectivity index (χ0v) is 63.5. The van der Waals surface area contributed by atoms with Gasteiger partial charge in [-0.1, -0.05) is 198 Å². The second kappa shape index (κ2) is 36.0. The van der Waals surface area contributed by atoms with E-state index in [1.165, 1.54) is 10.4 Å². The predicted octanol–water partition coefficient (Wildman–Crippen LogP) is 18.5. The van der Waals surface area contributed by atoms with Crippen molar-refractivity contribution >= 4 is 89.2 Å². The Bertz CT molecular complexity index is 5100. The van der Waals surface area contributed by atoms with Gasteiger partial charge in [0.05, 0.1) is 13.2 Å². The van der Waals surface area contributed by atoms with E-state index in [0.29, 0.717) is 30.8 Å². The predicted molar refractivity (Wildman–Crippen MR) is 433 cm³/mol. The van der Waals surface area contributed by atoms with E-state index in [0.717, 1.165) is 89.6 Å². The topological polar surface area (TPSA) is 227 Å². The quantitative estimate of drug-likeness (QED) is 0.0380. The van der Waals surface area contributed by atoms with Gasteiger partial charge < -0.3 is 38.6 Å². The molecule has 7 aromatic carbocycles. The molecule has 0 radical (unpaired) electrons. The minimum absolute atomic E-state index is 0.00262. The van der Waals surface area contributed by atoms with E-state index in [-0.39, 0.29) is 52.1 Å². The summed E-state index contributed by atoms with van der Waals surface area (Å²) in [6, 6.07) is 82.6. The van der Waals surface area contributed by atoms with Crippen LogP contribution in [0.25, 0.3) is 36.5 Å². The van der Waals surface area contributed by atoms with Crippen molar-refractivity contribution < 1.29 is 28.8 Å². The fraction of sp³-hybridized carbons (Fsp3) is 0.200. The van der Waals surface area contributed by atoms with Crippen LogP contribution in [0.2, 0.25) is 5.04 Å². The number of thiophene rings is 2. The highest BCUT2D eigenvalue weighted by Crippen LogP contribution is 2.49. The molecule has 14 nitrogen and oxygen atoms in total. The van der Waals surface area contributed by atoms with E-state index in [2.05, 4.69) is 130 Å². The van der Waals surface area contributed by atoms with Crippen LogP contribution in [0.4, 0.5) is 11.4 Å². The lowest BCUT2D eigenvalue weighted by atomic mass is 9.86. The fourth-order valence-corrected chi connectivity index (χ4v) is 19.1. The summed E-state index contributed by atoms with van der Waals surface area (Å²) in [6.45, 7) is 15.1. The minimum Gasteiger partial charge on any atom is -0.534 e. The Morgan fingerprint density at radius 2 is 0.897 bits per heavy atom. The van der Waals surface area contributed by atoms with Crippen molar-refractivity contribution in [2.24, 2.45) is 0 Å². The molecule has 9 aromatic rings. The molecule has 0 aliphatic carbocycles. The van der Waals surface area contributed by atoms with Crippen LogP contribution in [0.5, 0.6) is 11.5 Å². The lowest BCUT2D eigenvalue weighted by Crippen LogP contribution is -2.68. The normalized spacial score (nSPS) is 15.5. The Hall–Kier alpha value is -12.3. The van der Waals surface area contributed by atoms with Crippen molar-refractivity contribution in [2.45, 2.75) is 77.2 Å². The molecule has 17 heteroatoms. The molecule has 4 heterocycles. The van der Waals surface area contributed by atoms with E-state index in [4.69, 9.17) is 18.6 Å². The van der Waals surface area contributed by atoms with Gasteiger partial charge in [-0.25, -0.2) is 0 Å². The zero-order chi connectivity index (χ0) is 76.0. The van der Waals surface area contributed by atoms with Crippen molar-refractivity contribution in [3.05, 3.63) is 317 Å². The van der Waals surface area contributed by atoms with Crippen LogP contribution >= 0.6 is 22.7 Å². The lowest BCUT2D eigenvalue weighted by Gasteiger charge is -2.43. The summed E-state index contributed by atoms with van der Waals surface area (Å²) < 4.78 is 26.5. The summed E-state index contributed by atoms with van der Waals surface area (Å²) in [5, 5.41) is 80.4. The van der Waals surface area contributed by atoms with Crippen molar-refractivity contribution in [3.63, 3.8) is 0 Å². The molecule has 11 rings (SSSR count). The van der Waals surface area contributed by atoms with Crippen LogP contribution in [0.1, 0.15) is 102 Å². The second-order valence-corrected chi connectivity index (χ2v) is 33.2. The molecule has 2 atom stereocenters. The largest absolute Gasteiger partial charge is 0.534 e. The summed E-state index contributed by atoms with van der Waals surface area (Å²) in [5.74, 6) is 1.51. The molecule has 2 unspecified atom stereocenters. The van der Waals surface area contributed by atoms with Gasteiger partial charge in [0.1, 0.15) is 65.7 Å². The molecule has 0 saturated carbocycles. The van der Waals surface area contributed by atoms with Gasteiger partial charge in [0.25, 0.3) is 0 Å². The molecular weight excluding hydrogens is 1380 g/mol. The Kier molecular flexibility index (Phi) is 26.0. The molecule has 2 aromatic heterocycles. The Morgan fingerprint density at radius 3 is 1.31 bits per heavy atom. The highest BCUT2D eigenvalue weighted by Gasteiger charge is 2.53. The van der Waals surface area contributed by atoms with Gasteiger partial charge in [0.15, 0.2) is 33.9 Å². The molecule has 2 N–H and O–H groups in total. The lowest BCUT2D eigenvalue weighted by molar-refractivity contribution is 0.0753. The number of hydrogen-bond acceptors (Lipinski definition) is 16. The number of likely N-dealkylation sites (N-methyl/N-ethyl adjacent to an activating group) is 1. The van der Waals surface area contributed by atoms with Crippen LogP contribution in [0, 0.1) is 68.0 Å². The molecular formula is C90H82N8O6S2Si. The summed E-state index contributed by atoms with van der Waals surface area (Å²) >= 11 is 3.17. The van der Waals surface area contributed by atoms with Crippen LogP contribution in [0.15, 0.2) is 269 Å². The smallest absolute Gasteiger partial charge is 0.319 e. The van der Waals surface area contributed by atoms with E-state index >= 15 is 0 Å². The van der Waals surface area contributed by atoms with Gasteiger partial charge >= 0.3 is 8.32 Å². The number of nitriles is 6. The SMILES string of the molecule is CCCCN(CCO)c1ccc(/C=C/c2ccc(/C=C/C3=C(C#N)C(=C(C#N)C#N)OC3(C)c3ccccc3)s2)c(O[Si](c2ccccc2)(c2ccccc2)C(C)(C)C)c1.CN(CCO)c1ccc(/C=C/c2ccc(/C=C/C3=C(C#N)C(=C(C#N)C#N)OC3(C)c3ccccc3)s2)c(OCc2ccccc2)c1. The summed E-state index contributed by atoms with van der Waals surface area (Å²) in [5.41, 5.74) is 5.30. The maximum absolute atomic E-state index is 10.3. The van der Waals surface area contributed by atoms with Crippen molar-refractivity contribution in [3.8, 4) is 47.9 Å². The maximum Gasteiger partial charge on any atom is 0.319 e. The van der Waals surface area contributed by atoms with Crippen molar-refractivity contribution in [2.75, 3.05) is 49.7 Å². The zero-order valence-electron chi connectivity index (χ0n) is 60.9. The molecule has 2 aliphatic rings. The first kappa shape index (κ1) is 77.4. The summed E-state index contributed by atoms with van der Waals surface area (Å²) in [6.07, 6.45) is 17.9. The average Bonchev–Trinajstić information content (AvgIpc) is 1.51. The van der Waals surface area contributed by atoms with Gasteiger partial charge in [0.2, 0.25) is 0 Å². The van der Waals surface area contributed by atoms with Crippen LogP contribution < -0.4 is 29.3 Å². The van der Waals surface area contributed by atoms with Crippen molar-refractivity contribution in [1.82, 2.24) is 0 Å². The fourth-order valence-electron chi connectivity index (χ4n) is 13.0. The number of nitrogens with zero attached hydrogens (tertiary/aromatic N) is 8. The van der Waals surface area contributed by atoms with Crippen LogP contribution in [-0.4, -0.2) is 58.4 Å². The first-order chi connectivity index (χ1) is 51.9. The number of benzene rings is 7. The Balaban J connectivity index is 0.000000235. The van der Waals surface area contributed by atoms with Gasteiger partial charge in [0, 0.05) is 92.0 Å². The summed E-state index contributed by atoms with van der Waals surface area (Å²) in [4.78, 5) is 8.14. The average molecular weight is 1460 g/mol. The number of rotatable bonds is 26. The molecule has 534 valence electrons.